The summed E-state index contributed by atoms with van der Waals surface area (Å²) in [5.74, 6) is 1.89. The molecule has 0 aliphatic heterocycles. The molecule has 0 aliphatic rings. The molecule has 0 saturated heterocycles. The third-order valence-corrected chi connectivity index (χ3v) is 5.57. The SMILES string of the molecule is CCC(c1nnc(SCC=Cc2ccccc2)n1Cc1ccccc1)N(C)C. The predicted molar refractivity (Wildman–Crippen MR) is 118 cm³/mol. The molecule has 0 bridgehead atoms. The fourth-order valence-corrected chi connectivity index (χ4v) is 3.97. The van der Waals surface area contributed by atoms with Crippen LogP contribution in [0.25, 0.3) is 6.08 Å². The summed E-state index contributed by atoms with van der Waals surface area (Å²) in [6.45, 7) is 2.99. The molecule has 0 spiro atoms. The molecule has 0 amide bonds. The average Bonchev–Trinajstić information content (AvgIpc) is 3.09. The minimum absolute atomic E-state index is 0.255. The largest absolute Gasteiger partial charge is 0.300 e. The zero-order valence-electron chi connectivity index (χ0n) is 16.8. The quantitative estimate of drug-likeness (QED) is 0.472. The Morgan fingerprint density at radius 1 is 1.00 bits per heavy atom. The Bertz CT molecular complexity index is 872. The Morgan fingerprint density at radius 2 is 1.68 bits per heavy atom. The maximum atomic E-state index is 4.57. The van der Waals surface area contributed by atoms with Crippen LogP contribution in [-0.2, 0) is 6.54 Å². The number of thioether (sulfide) groups is 1. The van der Waals surface area contributed by atoms with E-state index in [2.05, 4.69) is 107 Å². The molecule has 0 saturated carbocycles. The molecule has 146 valence electrons. The second-order valence-electron chi connectivity index (χ2n) is 6.92. The van der Waals surface area contributed by atoms with Crippen molar-refractivity contribution in [1.82, 2.24) is 19.7 Å². The lowest BCUT2D eigenvalue weighted by Crippen LogP contribution is -2.23. The average molecular weight is 393 g/mol. The van der Waals surface area contributed by atoms with Crippen molar-refractivity contribution in [3.8, 4) is 0 Å². The first-order chi connectivity index (χ1) is 13.7. The molecule has 0 aliphatic carbocycles. The second-order valence-corrected chi connectivity index (χ2v) is 7.91. The van der Waals surface area contributed by atoms with Gasteiger partial charge in [-0.05, 0) is 31.6 Å². The highest BCUT2D eigenvalue weighted by Gasteiger charge is 2.21. The molecule has 4 nitrogen and oxygen atoms in total. The molecule has 5 heteroatoms. The molecule has 1 unspecified atom stereocenters. The molecule has 2 aromatic carbocycles. The molecule has 0 fully saturated rings. The molecular formula is C23H28N4S. The molecule has 0 N–H and O–H groups in total. The summed E-state index contributed by atoms with van der Waals surface area (Å²) in [6, 6.07) is 21.2. The van der Waals surface area contributed by atoms with Crippen molar-refractivity contribution < 1.29 is 0 Å². The molecule has 1 aromatic heterocycles. The van der Waals surface area contributed by atoms with Gasteiger partial charge >= 0.3 is 0 Å². The maximum absolute atomic E-state index is 4.57. The lowest BCUT2D eigenvalue weighted by Gasteiger charge is -2.23. The molecule has 0 radical (unpaired) electrons. The van der Waals surface area contributed by atoms with Crippen LogP contribution in [0.3, 0.4) is 0 Å². The van der Waals surface area contributed by atoms with Crippen LogP contribution >= 0.6 is 11.8 Å². The van der Waals surface area contributed by atoms with Crippen LogP contribution in [0, 0.1) is 0 Å². The minimum Gasteiger partial charge on any atom is -0.300 e. The highest BCUT2D eigenvalue weighted by molar-refractivity contribution is 7.99. The highest BCUT2D eigenvalue weighted by atomic mass is 32.2. The summed E-state index contributed by atoms with van der Waals surface area (Å²) in [5, 5.41) is 10.1. The minimum atomic E-state index is 0.255. The van der Waals surface area contributed by atoms with Gasteiger partial charge in [-0.15, -0.1) is 10.2 Å². The Morgan fingerprint density at radius 3 is 2.32 bits per heavy atom. The van der Waals surface area contributed by atoms with Crippen molar-refractivity contribution in [1.29, 1.82) is 0 Å². The summed E-state index contributed by atoms with van der Waals surface area (Å²) < 4.78 is 2.27. The number of nitrogens with zero attached hydrogens (tertiary/aromatic N) is 4. The van der Waals surface area contributed by atoms with Crippen LogP contribution in [0.15, 0.2) is 71.9 Å². The summed E-state index contributed by atoms with van der Waals surface area (Å²) >= 11 is 1.73. The Kier molecular flexibility index (Phi) is 7.46. The highest BCUT2D eigenvalue weighted by Crippen LogP contribution is 2.26. The Hall–Kier alpha value is -2.37. The first kappa shape index (κ1) is 20.4. The van der Waals surface area contributed by atoms with Crippen molar-refractivity contribution in [3.63, 3.8) is 0 Å². The molecule has 1 heterocycles. The van der Waals surface area contributed by atoms with E-state index in [1.54, 1.807) is 11.8 Å². The van der Waals surface area contributed by atoms with E-state index in [9.17, 15) is 0 Å². The van der Waals surface area contributed by atoms with Crippen LogP contribution in [0.5, 0.6) is 0 Å². The molecule has 28 heavy (non-hydrogen) atoms. The first-order valence-electron chi connectivity index (χ1n) is 9.67. The van der Waals surface area contributed by atoms with Gasteiger partial charge in [0, 0.05) is 5.75 Å². The van der Waals surface area contributed by atoms with E-state index in [0.717, 1.165) is 29.7 Å². The number of aromatic nitrogens is 3. The van der Waals surface area contributed by atoms with Crippen LogP contribution in [0.2, 0.25) is 0 Å². The van der Waals surface area contributed by atoms with Crippen molar-refractivity contribution in [3.05, 3.63) is 83.7 Å². The van der Waals surface area contributed by atoms with E-state index < -0.39 is 0 Å². The van der Waals surface area contributed by atoms with Gasteiger partial charge in [-0.3, -0.25) is 4.90 Å². The predicted octanol–water partition coefficient (Wildman–Crippen LogP) is 5.14. The Balaban J connectivity index is 1.79. The zero-order valence-corrected chi connectivity index (χ0v) is 17.6. The van der Waals surface area contributed by atoms with Crippen molar-refractivity contribution in [2.75, 3.05) is 19.8 Å². The van der Waals surface area contributed by atoms with Gasteiger partial charge in [-0.25, -0.2) is 0 Å². The van der Waals surface area contributed by atoms with Crippen molar-refractivity contribution in [2.24, 2.45) is 0 Å². The van der Waals surface area contributed by atoms with E-state index in [1.165, 1.54) is 11.1 Å². The normalized spacial score (nSPS) is 12.7. The molecule has 1 atom stereocenters. The lowest BCUT2D eigenvalue weighted by atomic mass is 10.2. The van der Waals surface area contributed by atoms with E-state index >= 15 is 0 Å². The van der Waals surface area contributed by atoms with Gasteiger partial charge in [-0.2, -0.15) is 0 Å². The summed E-state index contributed by atoms with van der Waals surface area (Å²) in [5.41, 5.74) is 2.48. The number of hydrogen-bond acceptors (Lipinski definition) is 4. The summed E-state index contributed by atoms with van der Waals surface area (Å²) in [6.07, 6.45) is 5.34. The molecule has 3 rings (SSSR count). The van der Waals surface area contributed by atoms with Crippen LogP contribution in [-0.4, -0.2) is 39.5 Å². The fourth-order valence-electron chi connectivity index (χ4n) is 3.22. The summed E-state index contributed by atoms with van der Waals surface area (Å²) in [4.78, 5) is 2.22. The van der Waals surface area contributed by atoms with Gasteiger partial charge in [-0.1, -0.05) is 91.5 Å². The van der Waals surface area contributed by atoms with Gasteiger partial charge < -0.3 is 4.57 Å². The maximum Gasteiger partial charge on any atom is 0.191 e. The van der Waals surface area contributed by atoms with E-state index in [4.69, 9.17) is 0 Å². The van der Waals surface area contributed by atoms with Crippen LogP contribution < -0.4 is 0 Å². The third-order valence-electron chi connectivity index (χ3n) is 4.66. The number of rotatable bonds is 9. The smallest absolute Gasteiger partial charge is 0.191 e. The van der Waals surface area contributed by atoms with Crippen LogP contribution in [0.4, 0.5) is 0 Å². The topological polar surface area (TPSA) is 34.0 Å². The van der Waals surface area contributed by atoms with E-state index in [1.807, 2.05) is 6.07 Å². The van der Waals surface area contributed by atoms with E-state index in [-0.39, 0.29) is 6.04 Å². The number of benzene rings is 2. The zero-order chi connectivity index (χ0) is 19.8. The third kappa shape index (κ3) is 5.33. The summed E-state index contributed by atoms with van der Waals surface area (Å²) in [7, 11) is 4.20. The van der Waals surface area contributed by atoms with Crippen molar-refractivity contribution in [2.45, 2.75) is 31.1 Å². The number of hydrogen-bond donors (Lipinski definition) is 0. The fraction of sp³-hybridized carbons (Fsp3) is 0.304. The second kappa shape index (κ2) is 10.2. The van der Waals surface area contributed by atoms with Gasteiger partial charge in [0.1, 0.15) is 0 Å². The molecule has 3 aromatic rings. The van der Waals surface area contributed by atoms with Crippen LogP contribution in [0.1, 0.15) is 36.3 Å². The standard InChI is InChI=1S/C23H28N4S/c1-4-21(26(2)3)22-24-25-23(27(22)18-20-14-9-6-10-15-20)28-17-11-16-19-12-7-5-8-13-19/h5-16,21H,4,17-18H2,1-3H3. The van der Waals surface area contributed by atoms with Gasteiger partial charge in [0.05, 0.1) is 12.6 Å². The van der Waals surface area contributed by atoms with Crippen molar-refractivity contribution >= 4 is 17.8 Å². The van der Waals surface area contributed by atoms with Gasteiger partial charge in [0.2, 0.25) is 0 Å². The van der Waals surface area contributed by atoms with E-state index in [0.29, 0.717) is 0 Å². The Labute approximate surface area is 172 Å². The van der Waals surface area contributed by atoms with Gasteiger partial charge in [0.15, 0.2) is 11.0 Å². The van der Waals surface area contributed by atoms with Gasteiger partial charge in [0.25, 0.3) is 0 Å². The lowest BCUT2D eigenvalue weighted by molar-refractivity contribution is 0.272. The first-order valence-corrected chi connectivity index (χ1v) is 10.7. The monoisotopic (exact) mass is 392 g/mol. The molecular weight excluding hydrogens is 364 g/mol.